The molecule has 6 heteroatoms. The van der Waals surface area contributed by atoms with Crippen molar-refractivity contribution in [3.63, 3.8) is 0 Å². The topological polar surface area (TPSA) is 46.3 Å². The SMILES string of the molecule is CCN(Cc1ccc(Br)s1)C(=O)CSCC(C)CN. The van der Waals surface area contributed by atoms with Crippen molar-refractivity contribution in [3.8, 4) is 0 Å². The first kappa shape index (κ1) is 17.0. The van der Waals surface area contributed by atoms with Crippen molar-refractivity contribution >= 4 is 44.9 Å². The highest BCUT2D eigenvalue weighted by Crippen LogP contribution is 2.23. The van der Waals surface area contributed by atoms with E-state index in [1.54, 1.807) is 23.1 Å². The molecule has 1 atom stereocenters. The molecule has 0 aliphatic rings. The molecular formula is C13H21BrN2OS2. The molecule has 108 valence electrons. The zero-order valence-electron chi connectivity index (χ0n) is 11.4. The van der Waals surface area contributed by atoms with Gasteiger partial charge in [0.2, 0.25) is 5.91 Å². The highest BCUT2D eigenvalue weighted by molar-refractivity contribution is 9.11. The number of thiophene rings is 1. The number of thioether (sulfide) groups is 1. The van der Waals surface area contributed by atoms with Crippen LogP contribution in [-0.4, -0.2) is 35.4 Å². The van der Waals surface area contributed by atoms with Crippen LogP contribution in [0.4, 0.5) is 0 Å². The molecular weight excluding hydrogens is 344 g/mol. The van der Waals surface area contributed by atoms with Crippen molar-refractivity contribution in [1.29, 1.82) is 0 Å². The number of halogens is 1. The highest BCUT2D eigenvalue weighted by atomic mass is 79.9. The lowest BCUT2D eigenvalue weighted by atomic mass is 10.2. The zero-order chi connectivity index (χ0) is 14.3. The molecule has 1 aromatic heterocycles. The molecule has 19 heavy (non-hydrogen) atoms. The average Bonchev–Trinajstić information content (AvgIpc) is 2.81. The minimum atomic E-state index is 0.209. The van der Waals surface area contributed by atoms with Gasteiger partial charge in [0.1, 0.15) is 0 Å². The second kappa shape index (κ2) is 9.00. The Balaban J connectivity index is 2.39. The summed E-state index contributed by atoms with van der Waals surface area (Å²) in [4.78, 5) is 15.2. The molecule has 1 aromatic rings. The molecule has 0 fully saturated rings. The predicted octanol–water partition coefficient (Wildman–Crippen LogP) is 3.19. The molecule has 3 nitrogen and oxygen atoms in total. The summed E-state index contributed by atoms with van der Waals surface area (Å²) in [5.74, 6) is 2.18. The first-order valence-corrected chi connectivity index (χ1v) is 9.13. The second-order valence-electron chi connectivity index (χ2n) is 4.47. The number of rotatable bonds is 8. The van der Waals surface area contributed by atoms with Gasteiger partial charge in [0.15, 0.2) is 0 Å². The summed E-state index contributed by atoms with van der Waals surface area (Å²) in [5, 5.41) is 0. The van der Waals surface area contributed by atoms with E-state index in [1.165, 1.54) is 4.88 Å². The van der Waals surface area contributed by atoms with Gasteiger partial charge >= 0.3 is 0 Å². The van der Waals surface area contributed by atoms with Crippen molar-refractivity contribution in [2.45, 2.75) is 20.4 Å². The number of nitrogens with zero attached hydrogens (tertiary/aromatic N) is 1. The van der Waals surface area contributed by atoms with Gasteiger partial charge in [-0.05, 0) is 53.2 Å². The van der Waals surface area contributed by atoms with Gasteiger partial charge < -0.3 is 10.6 Å². The van der Waals surface area contributed by atoms with Crippen LogP contribution in [0.25, 0.3) is 0 Å². The lowest BCUT2D eigenvalue weighted by molar-refractivity contribution is -0.128. The van der Waals surface area contributed by atoms with Gasteiger partial charge in [-0.2, -0.15) is 11.8 Å². The van der Waals surface area contributed by atoms with Crippen LogP contribution in [0.15, 0.2) is 15.9 Å². The maximum atomic E-state index is 12.1. The Morgan fingerprint density at radius 3 is 2.84 bits per heavy atom. The Kier molecular flexibility index (Phi) is 8.06. The van der Waals surface area contributed by atoms with Crippen molar-refractivity contribution in [3.05, 3.63) is 20.8 Å². The van der Waals surface area contributed by atoms with E-state index in [4.69, 9.17) is 5.73 Å². The smallest absolute Gasteiger partial charge is 0.232 e. The molecule has 0 aliphatic carbocycles. The van der Waals surface area contributed by atoms with Crippen molar-refractivity contribution in [1.82, 2.24) is 4.90 Å². The molecule has 1 amide bonds. The van der Waals surface area contributed by atoms with E-state index in [2.05, 4.69) is 28.9 Å². The van der Waals surface area contributed by atoms with Gasteiger partial charge in [-0.25, -0.2) is 0 Å². The van der Waals surface area contributed by atoms with Crippen LogP contribution in [0, 0.1) is 5.92 Å². The minimum absolute atomic E-state index is 0.209. The van der Waals surface area contributed by atoms with Crippen LogP contribution in [0.3, 0.4) is 0 Å². The number of nitrogens with two attached hydrogens (primary N) is 1. The second-order valence-corrected chi connectivity index (χ2v) is 8.05. The molecule has 0 saturated carbocycles. The summed E-state index contributed by atoms with van der Waals surface area (Å²) in [6.07, 6.45) is 0. The van der Waals surface area contributed by atoms with Crippen molar-refractivity contribution < 1.29 is 4.79 Å². The van der Waals surface area contributed by atoms with Gasteiger partial charge in [0.25, 0.3) is 0 Å². The fraction of sp³-hybridized carbons (Fsp3) is 0.615. The third-order valence-corrected chi connectivity index (χ3v) is 5.60. The van der Waals surface area contributed by atoms with E-state index in [-0.39, 0.29) is 5.91 Å². The maximum Gasteiger partial charge on any atom is 0.232 e. The van der Waals surface area contributed by atoms with Crippen LogP contribution in [0.2, 0.25) is 0 Å². The minimum Gasteiger partial charge on any atom is -0.337 e. The fourth-order valence-electron chi connectivity index (χ4n) is 1.51. The largest absolute Gasteiger partial charge is 0.337 e. The van der Waals surface area contributed by atoms with Crippen molar-refractivity contribution in [2.24, 2.45) is 11.7 Å². The van der Waals surface area contributed by atoms with Crippen molar-refractivity contribution in [2.75, 3.05) is 24.6 Å². The lowest BCUT2D eigenvalue weighted by Gasteiger charge is -2.20. The normalized spacial score (nSPS) is 12.4. The number of carbonyl (C=O) groups is 1. The molecule has 0 spiro atoms. The van der Waals surface area contributed by atoms with E-state index >= 15 is 0 Å². The predicted molar refractivity (Wildman–Crippen MR) is 88.7 cm³/mol. The molecule has 2 N–H and O–H groups in total. The molecule has 1 rings (SSSR count). The molecule has 1 heterocycles. The third-order valence-electron chi connectivity index (χ3n) is 2.74. The van der Waals surface area contributed by atoms with Gasteiger partial charge in [-0.3, -0.25) is 4.79 Å². The summed E-state index contributed by atoms with van der Waals surface area (Å²) in [7, 11) is 0. The Bertz CT molecular complexity index is 398. The van der Waals surface area contributed by atoms with E-state index in [0.717, 1.165) is 16.1 Å². The molecule has 0 aliphatic heterocycles. The molecule has 0 saturated heterocycles. The highest BCUT2D eigenvalue weighted by Gasteiger charge is 2.13. The number of hydrogen-bond donors (Lipinski definition) is 1. The van der Waals surface area contributed by atoms with Crippen LogP contribution >= 0.6 is 39.0 Å². The summed E-state index contributed by atoms with van der Waals surface area (Å²) < 4.78 is 1.11. The number of hydrogen-bond acceptors (Lipinski definition) is 4. The van der Waals surface area contributed by atoms with E-state index in [1.807, 2.05) is 17.9 Å². The van der Waals surface area contributed by atoms with E-state index < -0.39 is 0 Å². The molecule has 0 radical (unpaired) electrons. The summed E-state index contributed by atoms with van der Waals surface area (Å²) >= 11 is 6.80. The standard InChI is InChI=1S/C13H21BrN2OS2/c1-3-16(7-11-4-5-12(14)19-11)13(17)9-18-8-10(2)6-15/h4-5,10H,3,6-9,15H2,1-2H3. The van der Waals surface area contributed by atoms with Gasteiger partial charge in [0.05, 0.1) is 16.1 Å². The number of amides is 1. The summed E-state index contributed by atoms with van der Waals surface area (Å²) in [6.45, 7) is 6.27. The quantitative estimate of drug-likeness (QED) is 0.770. The molecule has 1 unspecified atom stereocenters. The summed E-state index contributed by atoms with van der Waals surface area (Å²) in [5.41, 5.74) is 5.57. The van der Waals surface area contributed by atoms with Crippen LogP contribution < -0.4 is 5.73 Å². The third kappa shape index (κ3) is 6.29. The monoisotopic (exact) mass is 364 g/mol. The Morgan fingerprint density at radius 1 is 1.58 bits per heavy atom. The fourth-order valence-corrected chi connectivity index (χ4v) is 4.02. The maximum absolute atomic E-state index is 12.1. The summed E-state index contributed by atoms with van der Waals surface area (Å²) in [6, 6.07) is 4.09. The Labute approximate surface area is 132 Å². The van der Waals surface area contributed by atoms with Crippen LogP contribution in [-0.2, 0) is 11.3 Å². The Morgan fingerprint density at radius 2 is 2.32 bits per heavy atom. The van der Waals surface area contributed by atoms with E-state index in [0.29, 0.717) is 24.8 Å². The molecule has 0 bridgehead atoms. The van der Waals surface area contributed by atoms with Gasteiger partial charge in [-0.15, -0.1) is 11.3 Å². The lowest BCUT2D eigenvalue weighted by Crippen LogP contribution is -2.31. The van der Waals surface area contributed by atoms with Crippen LogP contribution in [0.5, 0.6) is 0 Å². The zero-order valence-corrected chi connectivity index (χ0v) is 14.6. The first-order chi connectivity index (χ1) is 9.06. The number of carbonyl (C=O) groups excluding carboxylic acids is 1. The van der Waals surface area contributed by atoms with Crippen LogP contribution in [0.1, 0.15) is 18.7 Å². The average molecular weight is 365 g/mol. The van der Waals surface area contributed by atoms with Gasteiger partial charge in [0, 0.05) is 11.4 Å². The van der Waals surface area contributed by atoms with E-state index in [9.17, 15) is 4.79 Å². The Hall–Kier alpha value is -0.0400. The molecule has 0 aromatic carbocycles. The first-order valence-electron chi connectivity index (χ1n) is 6.36. The van der Waals surface area contributed by atoms with Gasteiger partial charge in [-0.1, -0.05) is 6.92 Å².